The van der Waals surface area contributed by atoms with Crippen LogP contribution in [0.3, 0.4) is 0 Å². The molecule has 7 nitrogen and oxygen atoms in total. The molecule has 0 unspecified atom stereocenters. The van der Waals surface area contributed by atoms with Crippen LogP contribution in [0.4, 0.5) is 10.5 Å². The van der Waals surface area contributed by atoms with Crippen molar-refractivity contribution in [2.45, 2.75) is 39.7 Å². The summed E-state index contributed by atoms with van der Waals surface area (Å²) in [5.41, 5.74) is 4.82. The van der Waals surface area contributed by atoms with Crippen molar-refractivity contribution < 1.29 is 14.3 Å². The third-order valence-electron chi connectivity index (χ3n) is 5.83. The number of amides is 1. The van der Waals surface area contributed by atoms with Crippen LogP contribution in [0.15, 0.2) is 48.7 Å². The van der Waals surface area contributed by atoms with Crippen molar-refractivity contribution >= 4 is 44.2 Å². The number of carbonyl (C=O) groups is 1. The molecule has 0 spiro atoms. The third-order valence-corrected chi connectivity index (χ3v) is 6.96. The van der Waals surface area contributed by atoms with Gasteiger partial charge in [-0.3, -0.25) is 10.3 Å². The van der Waals surface area contributed by atoms with Crippen LogP contribution in [0.5, 0.6) is 0 Å². The van der Waals surface area contributed by atoms with Crippen LogP contribution in [0.1, 0.15) is 35.9 Å². The van der Waals surface area contributed by atoms with E-state index in [9.17, 15) is 4.79 Å². The number of aryl methyl sites for hydroxylation is 1. The Bertz CT molecular complexity index is 1290. The van der Waals surface area contributed by atoms with E-state index < -0.39 is 6.09 Å². The first-order chi connectivity index (χ1) is 17.0. The van der Waals surface area contributed by atoms with Crippen molar-refractivity contribution in [1.82, 2.24) is 14.9 Å². The number of carbonyl (C=O) groups excluding carboxylic acids is 1. The van der Waals surface area contributed by atoms with Crippen LogP contribution in [-0.4, -0.2) is 48.0 Å². The third kappa shape index (κ3) is 6.75. The van der Waals surface area contributed by atoms with E-state index in [4.69, 9.17) is 14.5 Å². The number of aromatic nitrogens is 2. The fourth-order valence-electron chi connectivity index (χ4n) is 3.94. The lowest BCUT2D eigenvalue weighted by Gasteiger charge is -2.16. The maximum atomic E-state index is 12.1. The lowest BCUT2D eigenvalue weighted by Crippen LogP contribution is -2.21. The van der Waals surface area contributed by atoms with Crippen molar-refractivity contribution in [3.63, 3.8) is 0 Å². The molecule has 1 N–H and O–H groups in total. The molecule has 0 aliphatic carbocycles. The highest BCUT2D eigenvalue weighted by atomic mass is 32.1. The molecule has 0 aliphatic rings. The fourth-order valence-corrected chi connectivity index (χ4v) is 5.04. The molecule has 2 aromatic heterocycles. The molecule has 0 bridgehead atoms. The van der Waals surface area contributed by atoms with E-state index in [0.29, 0.717) is 6.61 Å². The minimum atomic E-state index is -0.509. The predicted molar refractivity (Wildman–Crippen MR) is 142 cm³/mol. The molecule has 0 aliphatic heterocycles. The molecule has 2 aromatic carbocycles. The molecular formula is C27H32N4O3S. The summed E-state index contributed by atoms with van der Waals surface area (Å²) in [5.74, 6) is 0. The highest BCUT2D eigenvalue weighted by Crippen LogP contribution is 2.33. The summed E-state index contributed by atoms with van der Waals surface area (Å²) < 4.78 is 11.6. The van der Waals surface area contributed by atoms with E-state index in [0.717, 1.165) is 54.8 Å². The van der Waals surface area contributed by atoms with Gasteiger partial charge in [0.25, 0.3) is 0 Å². The number of benzene rings is 2. The van der Waals surface area contributed by atoms with Crippen molar-refractivity contribution in [1.29, 1.82) is 0 Å². The maximum Gasteiger partial charge on any atom is 0.413 e. The summed E-state index contributed by atoms with van der Waals surface area (Å²) in [7, 11) is 2.10. The Morgan fingerprint density at radius 3 is 2.83 bits per heavy atom. The second kappa shape index (κ2) is 12.1. The molecule has 0 saturated heterocycles. The van der Waals surface area contributed by atoms with Gasteiger partial charge in [0.15, 0.2) is 6.79 Å². The molecule has 0 fully saturated rings. The summed E-state index contributed by atoms with van der Waals surface area (Å²) in [6, 6.07) is 13.9. The van der Waals surface area contributed by atoms with Crippen molar-refractivity contribution in [3.8, 4) is 0 Å². The van der Waals surface area contributed by atoms with Gasteiger partial charge in [0.05, 0.1) is 29.5 Å². The number of hydrogen-bond acceptors (Lipinski definition) is 7. The average molecular weight is 493 g/mol. The van der Waals surface area contributed by atoms with Gasteiger partial charge in [0.2, 0.25) is 0 Å². The van der Waals surface area contributed by atoms with Gasteiger partial charge in [0, 0.05) is 28.4 Å². The fraction of sp³-hybridized carbons (Fsp3) is 0.370. The number of thiophene rings is 1. The van der Waals surface area contributed by atoms with Crippen LogP contribution < -0.4 is 5.32 Å². The number of nitrogens with one attached hydrogen (secondary N) is 1. The summed E-state index contributed by atoms with van der Waals surface area (Å²) in [4.78, 5) is 24.9. The van der Waals surface area contributed by atoms with Crippen molar-refractivity contribution in [2.24, 2.45) is 0 Å². The van der Waals surface area contributed by atoms with Gasteiger partial charge in [-0.05, 0) is 68.1 Å². The molecule has 35 heavy (non-hydrogen) atoms. The Labute approximate surface area is 210 Å². The molecule has 0 saturated carbocycles. The van der Waals surface area contributed by atoms with Gasteiger partial charge >= 0.3 is 6.09 Å². The zero-order valence-corrected chi connectivity index (χ0v) is 21.4. The summed E-state index contributed by atoms with van der Waals surface area (Å²) in [6.45, 7) is 6.42. The van der Waals surface area contributed by atoms with Gasteiger partial charge in [0.1, 0.15) is 0 Å². The predicted octanol–water partition coefficient (Wildman–Crippen LogP) is 6.15. The zero-order valence-electron chi connectivity index (χ0n) is 20.5. The van der Waals surface area contributed by atoms with E-state index in [1.54, 1.807) is 11.3 Å². The van der Waals surface area contributed by atoms with Crippen LogP contribution in [0.25, 0.3) is 21.1 Å². The van der Waals surface area contributed by atoms with E-state index in [1.165, 1.54) is 20.5 Å². The minimum absolute atomic E-state index is 0.0369. The van der Waals surface area contributed by atoms with Crippen LogP contribution in [0.2, 0.25) is 0 Å². The molecule has 0 atom stereocenters. The Kier molecular flexibility index (Phi) is 8.63. The summed E-state index contributed by atoms with van der Waals surface area (Å²) in [6.07, 6.45) is 4.25. The first kappa shape index (κ1) is 25.0. The SMILES string of the molecule is CCCCOCOC(=O)Nc1ccc2sc(C)c(CCN(C)Cc3cnc4ccccc4n3)c2c1. The minimum Gasteiger partial charge on any atom is -0.422 e. The number of unbranched alkanes of at least 4 members (excludes halogenated alkanes) is 1. The molecule has 4 aromatic rings. The van der Waals surface area contributed by atoms with E-state index in [2.05, 4.69) is 42.2 Å². The molecule has 0 radical (unpaired) electrons. The number of nitrogens with zero attached hydrogens (tertiary/aromatic N) is 3. The Balaban J connectivity index is 1.36. The molecular weight excluding hydrogens is 460 g/mol. The molecule has 8 heteroatoms. The van der Waals surface area contributed by atoms with Crippen molar-refractivity contribution in [2.75, 3.05) is 32.3 Å². The lowest BCUT2D eigenvalue weighted by molar-refractivity contribution is -0.0110. The zero-order chi connectivity index (χ0) is 24.6. The van der Waals surface area contributed by atoms with Gasteiger partial charge in [-0.15, -0.1) is 11.3 Å². The first-order valence-corrected chi connectivity index (χ1v) is 12.8. The number of rotatable bonds is 11. The normalized spacial score (nSPS) is 11.4. The van der Waals surface area contributed by atoms with Crippen LogP contribution in [-0.2, 0) is 22.4 Å². The highest BCUT2D eigenvalue weighted by Gasteiger charge is 2.13. The van der Waals surface area contributed by atoms with E-state index in [-0.39, 0.29) is 6.79 Å². The van der Waals surface area contributed by atoms with Gasteiger partial charge in [-0.25, -0.2) is 9.78 Å². The van der Waals surface area contributed by atoms with Gasteiger partial charge in [-0.2, -0.15) is 0 Å². The topological polar surface area (TPSA) is 76.6 Å². The molecule has 1 amide bonds. The van der Waals surface area contributed by atoms with Gasteiger partial charge in [-0.1, -0.05) is 25.5 Å². The number of hydrogen-bond donors (Lipinski definition) is 1. The lowest BCUT2D eigenvalue weighted by atomic mass is 10.1. The van der Waals surface area contributed by atoms with E-state index in [1.807, 2.05) is 42.6 Å². The standard InChI is InChI=1S/C27H32N4O3S/c1-4-5-14-33-18-34-27(32)30-20-10-11-26-23(15-20)22(19(2)35-26)12-13-31(3)17-21-16-28-24-8-6-7-9-25(24)29-21/h6-11,15-16H,4-5,12-14,17-18H2,1-3H3,(H,30,32). The smallest absolute Gasteiger partial charge is 0.413 e. The number of ether oxygens (including phenoxy) is 2. The van der Waals surface area contributed by atoms with E-state index >= 15 is 0 Å². The van der Waals surface area contributed by atoms with Crippen LogP contribution >= 0.6 is 11.3 Å². The quantitative estimate of drug-likeness (QED) is 0.200. The number of para-hydroxylation sites is 2. The second-order valence-electron chi connectivity index (χ2n) is 8.62. The first-order valence-electron chi connectivity index (χ1n) is 12.0. The Morgan fingerprint density at radius 2 is 2.00 bits per heavy atom. The largest absolute Gasteiger partial charge is 0.422 e. The molecule has 184 valence electrons. The maximum absolute atomic E-state index is 12.1. The van der Waals surface area contributed by atoms with Crippen LogP contribution in [0, 0.1) is 6.92 Å². The highest BCUT2D eigenvalue weighted by molar-refractivity contribution is 7.19. The van der Waals surface area contributed by atoms with Crippen molar-refractivity contribution in [3.05, 3.63) is 64.8 Å². The number of fused-ring (bicyclic) bond motifs is 2. The second-order valence-corrected chi connectivity index (χ2v) is 9.88. The number of likely N-dealkylation sites (N-methyl/N-ethyl adjacent to an activating group) is 1. The Hall–Kier alpha value is -3.07. The Morgan fingerprint density at radius 1 is 1.17 bits per heavy atom. The summed E-state index contributed by atoms with van der Waals surface area (Å²) in [5, 5.41) is 3.98. The monoisotopic (exact) mass is 492 g/mol. The molecule has 4 rings (SSSR count). The summed E-state index contributed by atoms with van der Waals surface area (Å²) >= 11 is 1.78. The molecule has 2 heterocycles. The number of anilines is 1. The average Bonchev–Trinajstić information content (AvgIpc) is 3.16. The van der Waals surface area contributed by atoms with Gasteiger partial charge < -0.3 is 14.4 Å².